The molecule has 1 unspecified atom stereocenters. The fourth-order valence-electron chi connectivity index (χ4n) is 2.47. The van der Waals surface area contributed by atoms with Crippen LogP contribution in [0.4, 0.5) is 18.9 Å². The molecule has 5 nitrogen and oxygen atoms in total. The quantitative estimate of drug-likeness (QED) is 0.721. The lowest BCUT2D eigenvalue weighted by atomic mass is 9.99. The Morgan fingerprint density at radius 1 is 1.27 bits per heavy atom. The molecule has 1 amide bonds. The van der Waals surface area contributed by atoms with Crippen LogP contribution in [-0.2, 0) is 10.4 Å². The Kier molecular flexibility index (Phi) is 4.68. The molecule has 0 fully saturated rings. The van der Waals surface area contributed by atoms with E-state index in [2.05, 4.69) is 15.3 Å². The zero-order chi connectivity index (χ0) is 18.9. The molecule has 0 aliphatic rings. The smallest absolute Gasteiger partial charge is 0.374 e. The molecule has 2 N–H and O–H groups in total. The van der Waals surface area contributed by atoms with Gasteiger partial charge in [-0.15, -0.1) is 11.3 Å². The summed E-state index contributed by atoms with van der Waals surface area (Å²) >= 11 is 0.661. The Labute approximate surface area is 150 Å². The van der Waals surface area contributed by atoms with Gasteiger partial charge in [0.1, 0.15) is 5.01 Å². The minimum atomic E-state index is -5.05. The number of carbonyl (C=O) groups is 1. The molecule has 0 aliphatic carbocycles. The van der Waals surface area contributed by atoms with E-state index < -0.39 is 29.1 Å². The minimum Gasteiger partial charge on any atom is -0.374 e. The van der Waals surface area contributed by atoms with E-state index in [-0.39, 0.29) is 5.69 Å². The lowest BCUT2D eigenvalue weighted by molar-refractivity contribution is -0.266. The third-order valence-corrected chi connectivity index (χ3v) is 4.88. The number of anilines is 1. The molecule has 3 aromatic rings. The number of aliphatic hydroxyl groups is 1. The van der Waals surface area contributed by atoms with Gasteiger partial charge in [-0.1, -0.05) is 18.2 Å². The first-order valence-corrected chi connectivity index (χ1v) is 8.44. The molecule has 2 aromatic heterocycles. The average Bonchev–Trinajstić information content (AvgIpc) is 3.01. The van der Waals surface area contributed by atoms with Crippen LogP contribution in [0.2, 0.25) is 0 Å². The van der Waals surface area contributed by atoms with Crippen LogP contribution in [0.5, 0.6) is 0 Å². The number of nitrogens with one attached hydrogen (secondary N) is 1. The average molecular weight is 381 g/mol. The van der Waals surface area contributed by atoms with E-state index in [1.807, 2.05) is 0 Å². The number of hydrogen-bond acceptors (Lipinski definition) is 5. The zero-order valence-corrected chi connectivity index (χ0v) is 14.4. The number of pyridine rings is 1. The summed E-state index contributed by atoms with van der Waals surface area (Å²) in [5.41, 5.74) is -2.29. The normalized spacial score (nSPS) is 14.2. The van der Waals surface area contributed by atoms with Gasteiger partial charge in [-0.05, 0) is 19.1 Å². The van der Waals surface area contributed by atoms with Crippen LogP contribution in [0.25, 0.3) is 10.9 Å². The number of aryl methyl sites for hydroxylation is 1. The number of halogens is 3. The fourth-order valence-corrected chi connectivity index (χ4v) is 3.39. The number of benzene rings is 1. The van der Waals surface area contributed by atoms with Crippen molar-refractivity contribution in [2.45, 2.75) is 25.1 Å². The number of rotatable bonds is 4. The highest BCUT2D eigenvalue weighted by atomic mass is 32.1. The number of hydrogen-bond donors (Lipinski definition) is 2. The van der Waals surface area contributed by atoms with E-state index in [1.165, 1.54) is 24.6 Å². The zero-order valence-electron chi connectivity index (χ0n) is 13.5. The topological polar surface area (TPSA) is 75.1 Å². The predicted octanol–water partition coefficient (Wildman–Crippen LogP) is 3.78. The monoisotopic (exact) mass is 381 g/mol. The number of thiazole rings is 1. The van der Waals surface area contributed by atoms with Crippen LogP contribution in [0.3, 0.4) is 0 Å². The van der Waals surface area contributed by atoms with Crippen molar-refractivity contribution in [2.75, 3.05) is 5.32 Å². The van der Waals surface area contributed by atoms with Crippen molar-refractivity contribution in [3.05, 3.63) is 52.6 Å². The summed E-state index contributed by atoms with van der Waals surface area (Å²) in [4.78, 5) is 20.1. The Bertz CT molecular complexity index is 952. The molecule has 1 aromatic carbocycles. The lowest BCUT2D eigenvalue weighted by Gasteiger charge is -2.27. The summed E-state index contributed by atoms with van der Waals surface area (Å²) in [7, 11) is 0. The molecular weight excluding hydrogens is 367 g/mol. The van der Waals surface area contributed by atoms with Crippen molar-refractivity contribution >= 4 is 33.8 Å². The number of amides is 1. The first-order chi connectivity index (χ1) is 12.2. The maximum Gasteiger partial charge on any atom is 0.424 e. The number of aromatic nitrogens is 2. The van der Waals surface area contributed by atoms with Crippen molar-refractivity contribution in [3.8, 4) is 0 Å². The molecule has 0 spiro atoms. The van der Waals surface area contributed by atoms with Gasteiger partial charge in [-0.25, -0.2) is 4.98 Å². The van der Waals surface area contributed by atoms with Gasteiger partial charge in [0, 0.05) is 22.7 Å². The molecule has 136 valence electrons. The SMILES string of the molecule is Cc1csc(C(O)(CC(=O)Nc2cccc3cccnc23)C(F)(F)F)n1. The van der Waals surface area contributed by atoms with Gasteiger partial charge < -0.3 is 10.4 Å². The summed E-state index contributed by atoms with van der Waals surface area (Å²) in [6, 6.07) is 8.43. The van der Waals surface area contributed by atoms with Crippen molar-refractivity contribution in [1.29, 1.82) is 0 Å². The second-order valence-electron chi connectivity index (χ2n) is 5.76. The number of para-hydroxylation sites is 1. The van der Waals surface area contributed by atoms with Gasteiger partial charge in [-0.2, -0.15) is 13.2 Å². The van der Waals surface area contributed by atoms with Gasteiger partial charge in [0.05, 0.1) is 17.6 Å². The summed E-state index contributed by atoms with van der Waals surface area (Å²) in [5, 5.41) is 14.2. The van der Waals surface area contributed by atoms with Crippen molar-refractivity contribution in [3.63, 3.8) is 0 Å². The molecular formula is C17H14F3N3O2S. The number of nitrogens with zero attached hydrogens (tertiary/aromatic N) is 2. The van der Waals surface area contributed by atoms with Gasteiger partial charge in [-0.3, -0.25) is 9.78 Å². The molecule has 0 bridgehead atoms. The molecule has 26 heavy (non-hydrogen) atoms. The highest BCUT2D eigenvalue weighted by Gasteiger charge is 2.58. The summed E-state index contributed by atoms with van der Waals surface area (Å²) in [6.45, 7) is 1.51. The van der Waals surface area contributed by atoms with E-state index in [0.717, 1.165) is 5.39 Å². The van der Waals surface area contributed by atoms with Crippen molar-refractivity contribution in [1.82, 2.24) is 9.97 Å². The maximum atomic E-state index is 13.5. The lowest BCUT2D eigenvalue weighted by Crippen LogP contribution is -2.45. The number of fused-ring (bicyclic) bond motifs is 1. The van der Waals surface area contributed by atoms with E-state index >= 15 is 0 Å². The fraction of sp³-hybridized carbons (Fsp3) is 0.235. The Hall–Kier alpha value is -2.52. The van der Waals surface area contributed by atoms with Gasteiger partial charge >= 0.3 is 6.18 Å². The first kappa shape index (κ1) is 18.3. The Morgan fingerprint density at radius 3 is 2.65 bits per heavy atom. The third kappa shape index (κ3) is 3.40. The Balaban J connectivity index is 1.89. The minimum absolute atomic E-state index is 0.271. The molecule has 1 atom stereocenters. The van der Waals surface area contributed by atoms with E-state index in [4.69, 9.17) is 0 Å². The molecule has 3 rings (SSSR count). The van der Waals surface area contributed by atoms with Crippen LogP contribution in [-0.4, -0.2) is 27.2 Å². The van der Waals surface area contributed by atoms with Gasteiger partial charge in [0.25, 0.3) is 0 Å². The molecule has 0 saturated carbocycles. The maximum absolute atomic E-state index is 13.5. The van der Waals surface area contributed by atoms with E-state index in [9.17, 15) is 23.1 Å². The van der Waals surface area contributed by atoms with E-state index in [0.29, 0.717) is 22.5 Å². The number of carbonyl (C=O) groups excluding carboxylic acids is 1. The first-order valence-electron chi connectivity index (χ1n) is 7.56. The highest BCUT2D eigenvalue weighted by molar-refractivity contribution is 7.09. The Morgan fingerprint density at radius 2 is 2.00 bits per heavy atom. The molecule has 2 heterocycles. The van der Waals surface area contributed by atoms with Crippen molar-refractivity contribution in [2.24, 2.45) is 0 Å². The molecule has 0 saturated heterocycles. The summed E-state index contributed by atoms with van der Waals surface area (Å²) < 4.78 is 40.4. The second kappa shape index (κ2) is 6.65. The van der Waals surface area contributed by atoms with Gasteiger partial charge in [0.2, 0.25) is 11.5 Å². The van der Waals surface area contributed by atoms with Crippen LogP contribution < -0.4 is 5.32 Å². The van der Waals surface area contributed by atoms with Crippen LogP contribution in [0.15, 0.2) is 41.9 Å². The molecule has 0 aliphatic heterocycles. The van der Waals surface area contributed by atoms with Crippen LogP contribution >= 0.6 is 11.3 Å². The predicted molar refractivity (Wildman–Crippen MR) is 91.8 cm³/mol. The third-order valence-electron chi connectivity index (χ3n) is 3.76. The highest BCUT2D eigenvalue weighted by Crippen LogP contribution is 2.43. The second-order valence-corrected chi connectivity index (χ2v) is 6.62. The molecule has 9 heteroatoms. The largest absolute Gasteiger partial charge is 0.424 e. The van der Waals surface area contributed by atoms with Crippen molar-refractivity contribution < 1.29 is 23.1 Å². The molecule has 0 radical (unpaired) electrons. The summed E-state index contributed by atoms with van der Waals surface area (Å²) in [6.07, 6.45) is -4.74. The standard InChI is InChI=1S/C17H14F3N3O2S/c1-10-9-26-15(22-10)16(25,17(18,19)20)8-13(24)23-12-6-2-4-11-5-3-7-21-14(11)12/h2-7,9,25H,8H2,1H3,(H,23,24). The summed E-state index contributed by atoms with van der Waals surface area (Å²) in [5.74, 6) is -0.990. The van der Waals surface area contributed by atoms with Gasteiger partial charge in [0.15, 0.2) is 0 Å². The van der Waals surface area contributed by atoms with Crippen LogP contribution in [0.1, 0.15) is 17.1 Å². The van der Waals surface area contributed by atoms with E-state index in [1.54, 1.807) is 24.3 Å². The number of alkyl halides is 3. The van der Waals surface area contributed by atoms with Crippen LogP contribution in [0, 0.1) is 6.92 Å².